The number of halogens is 1. The number of nitriles is 1. The maximum absolute atomic E-state index is 12.3. The number of hydrogen-bond donors (Lipinski definition) is 2. The molecule has 23 heavy (non-hydrogen) atoms. The molecule has 2 rings (SSSR count). The summed E-state index contributed by atoms with van der Waals surface area (Å²) in [5, 5.41) is 17.9. The molecule has 0 heterocycles. The zero-order valence-corrected chi connectivity index (χ0v) is 13.9. The highest BCUT2D eigenvalue weighted by atomic mass is 35.5. The fraction of sp³-hybridized carbons (Fsp3) is 0.467. The molecule has 0 saturated heterocycles. The van der Waals surface area contributed by atoms with E-state index in [4.69, 9.17) is 22.0 Å². The van der Waals surface area contributed by atoms with Gasteiger partial charge in [-0.15, -0.1) is 0 Å². The lowest BCUT2D eigenvalue weighted by atomic mass is 9.82. The Balaban J connectivity index is 1.96. The third-order valence-corrected chi connectivity index (χ3v) is 5.86. The molecule has 1 aromatic carbocycles. The standard InChI is InChI=1S/C15H17ClN2O4S/c16-14-7-13(6-5-12(14)8-17)23(21,22)18-9-10-1-3-11(4-2-10)15(19)20/h5-7,10-11,18H,1-4,9H2,(H,19,20). The van der Waals surface area contributed by atoms with Gasteiger partial charge in [-0.25, -0.2) is 13.1 Å². The van der Waals surface area contributed by atoms with Crippen LogP contribution in [-0.2, 0) is 14.8 Å². The van der Waals surface area contributed by atoms with Gasteiger partial charge >= 0.3 is 5.97 Å². The van der Waals surface area contributed by atoms with E-state index < -0.39 is 16.0 Å². The molecule has 1 saturated carbocycles. The lowest BCUT2D eigenvalue weighted by molar-refractivity contribution is -0.143. The summed E-state index contributed by atoms with van der Waals surface area (Å²) in [5.41, 5.74) is 0.220. The molecule has 0 unspecified atom stereocenters. The van der Waals surface area contributed by atoms with E-state index in [0.29, 0.717) is 25.7 Å². The van der Waals surface area contributed by atoms with Crippen LogP contribution in [0.4, 0.5) is 0 Å². The molecule has 0 spiro atoms. The molecule has 1 fully saturated rings. The third-order valence-electron chi connectivity index (χ3n) is 4.13. The number of nitrogens with one attached hydrogen (secondary N) is 1. The number of carbonyl (C=O) groups is 1. The van der Waals surface area contributed by atoms with Gasteiger partial charge in [0.1, 0.15) is 6.07 Å². The Morgan fingerprint density at radius 1 is 1.35 bits per heavy atom. The van der Waals surface area contributed by atoms with Crippen molar-refractivity contribution in [1.82, 2.24) is 4.72 Å². The number of carboxylic acids is 1. The van der Waals surface area contributed by atoms with Crippen LogP contribution in [0.1, 0.15) is 31.2 Å². The second kappa shape index (κ2) is 7.30. The number of sulfonamides is 1. The maximum atomic E-state index is 12.3. The van der Waals surface area contributed by atoms with Crippen molar-refractivity contribution in [2.45, 2.75) is 30.6 Å². The van der Waals surface area contributed by atoms with Gasteiger partial charge in [-0.3, -0.25) is 4.79 Å². The molecule has 0 bridgehead atoms. The number of carboxylic acid groups (broad SMARTS) is 1. The highest BCUT2D eigenvalue weighted by Gasteiger charge is 2.27. The highest BCUT2D eigenvalue weighted by molar-refractivity contribution is 7.89. The Morgan fingerprint density at radius 2 is 2.00 bits per heavy atom. The molecular formula is C15H17ClN2O4S. The summed E-state index contributed by atoms with van der Waals surface area (Å²) in [5.74, 6) is -0.967. The summed E-state index contributed by atoms with van der Waals surface area (Å²) in [4.78, 5) is 10.9. The summed E-state index contributed by atoms with van der Waals surface area (Å²) >= 11 is 5.86. The van der Waals surface area contributed by atoms with Gasteiger partial charge in [-0.1, -0.05) is 11.6 Å². The van der Waals surface area contributed by atoms with E-state index in [0.717, 1.165) is 0 Å². The third kappa shape index (κ3) is 4.44. The molecule has 6 nitrogen and oxygen atoms in total. The Kier molecular flexibility index (Phi) is 5.63. The van der Waals surface area contributed by atoms with Crippen molar-refractivity contribution in [3.63, 3.8) is 0 Å². The topological polar surface area (TPSA) is 107 Å². The average molecular weight is 357 g/mol. The molecule has 1 aromatic rings. The molecule has 8 heteroatoms. The minimum absolute atomic E-state index is 0.0146. The summed E-state index contributed by atoms with van der Waals surface area (Å²) in [6.07, 6.45) is 2.52. The van der Waals surface area contributed by atoms with E-state index in [1.54, 1.807) is 0 Å². The first kappa shape index (κ1) is 17.7. The van der Waals surface area contributed by atoms with Gasteiger partial charge in [0.05, 0.1) is 21.4 Å². The second-order valence-electron chi connectivity index (χ2n) is 5.66. The molecule has 0 aromatic heterocycles. The molecule has 2 N–H and O–H groups in total. The first-order valence-electron chi connectivity index (χ1n) is 7.25. The van der Waals surface area contributed by atoms with Crippen LogP contribution in [-0.4, -0.2) is 26.0 Å². The SMILES string of the molecule is N#Cc1ccc(S(=O)(=O)NCC2CCC(C(=O)O)CC2)cc1Cl. The van der Waals surface area contributed by atoms with Gasteiger partial charge in [0.2, 0.25) is 10.0 Å². The van der Waals surface area contributed by atoms with Crippen molar-refractivity contribution in [2.75, 3.05) is 6.54 Å². The van der Waals surface area contributed by atoms with Gasteiger partial charge in [0.15, 0.2) is 0 Å². The minimum atomic E-state index is -3.70. The van der Waals surface area contributed by atoms with E-state index in [1.807, 2.05) is 6.07 Å². The molecule has 0 aliphatic heterocycles. The van der Waals surface area contributed by atoms with Crippen LogP contribution >= 0.6 is 11.6 Å². The van der Waals surface area contributed by atoms with Crippen LogP contribution in [0.15, 0.2) is 23.1 Å². The van der Waals surface area contributed by atoms with E-state index in [9.17, 15) is 13.2 Å². The van der Waals surface area contributed by atoms with Crippen LogP contribution < -0.4 is 4.72 Å². The second-order valence-corrected chi connectivity index (χ2v) is 7.84. The number of nitrogens with zero attached hydrogens (tertiary/aromatic N) is 1. The first-order chi connectivity index (χ1) is 10.8. The quantitative estimate of drug-likeness (QED) is 0.842. The van der Waals surface area contributed by atoms with Gasteiger partial charge in [-0.05, 0) is 49.8 Å². The van der Waals surface area contributed by atoms with Crippen LogP contribution in [0, 0.1) is 23.2 Å². The summed E-state index contributed by atoms with van der Waals surface area (Å²) in [6.45, 7) is 0.270. The van der Waals surface area contributed by atoms with Crippen molar-refractivity contribution in [3.05, 3.63) is 28.8 Å². The lowest BCUT2D eigenvalue weighted by Gasteiger charge is -2.26. The Hall–Kier alpha value is -1.62. The molecule has 1 aliphatic rings. The van der Waals surface area contributed by atoms with Crippen molar-refractivity contribution < 1.29 is 18.3 Å². The first-order valence-corrected chi connectivity index (χ1v) is 9.11. The highest BCUT2D eigenvalue weighted by Crippen LogP contribution is 2.29. The molecular weight excluding hydrogens is 340 g/mol. The van der Waals surface area contributed by atoms with E-state index in [2.05, 4.69) is 4.72 Å². The average Bonchev–Trinajstić information content (AvgIpc) is 2.53. The number of benzene rings is 1. The zero-order chi connectivity index (χ0) is 17.0. The Morgan fingerprint density at radius 3 is 2.52 bits per heavy atom. The number of rotatable bonds is 5. The summed E-state index contributed by atoms with van der Waals surface area (Å²) in [6, 6.07) is 5.84. The lowest BCUT2D eigenvalue weighted by Crippen LogP contribution is -2.32. The molecule has 0 atom stereocenters. The normalized spacial score (nSPS) is 21.6. The minimum Gasteiger partial charge on any atom is -0.481 e. The van der Waals surface area contributed by atoms with Crippen LogP contribution in [0.25, 0.3) is 0 Å². The van der Waals surface area contributed by atoms with E-state index in [-0.39, 0.29) is 33.9 Å². The van der Waals surface area contributed by atoms with Crippen LogP contribution in [0.5, 0.6) is 0 Å². The number of hydrogen-bond acceptors (Lipinski definition) is 4. The van der Waals surface area contributed by atoms with Crippen molar-refractivity contribution in [2.24, 2.45) is 11.8 Å². The molecule has 124 valence electrons. The zero-order valence-electron chi connectivity index (χ0n) is 12.3. The van der Waals surface area contributed by atoms with Crippen molar-refractivity contribution >= 4 is 27.6 Å². The van der Waals surface area contributed by atoms with E-state index in [1.165, 1.54) is 18.2 Å². The monoisotopic (exact) mass is 356 g/mol. The molecule has 1 aliphatic carbocycles. The predicted molar refractivity (Wildman–Crippen MR) is 84.4 cm³/mol. The Bertz CT molecular complexity index is 734. The largest absolute Gasteiger partial charge is 0.481 e. The fourth-order valence-electron chi connectivity index (χ4n) is 2.68. The summed E-state index contributed by atoms with van der Waals surface area (Å²) < 4.78 is 27.0. The van der Waals surface area contributed by atoms with Crippen molar-refractivity contribution in [1.29, 1.82) is 5.26 Å². The predicted octanol–water partition coefficient (Wildman–Crippen LogP) is 2.38. The van der Waals surface area contributed by atoms with Gasteiger partial charge in [-0.2, -0.15) is 5.26 Å². The smallest absolute Gasteiger partial charge is 0.306 e. The van der Waals surface area contributed by atoms with E-state index >= 15 is 0 Å². The van der Waals surface area contributed by atoms with Crippen LogP contribution in [0.2, 0.25) is 5.02 Å². The van der Waals surface area contributed by atoms with Crippen molar-refractivity contribution in [3.8, 4) is 6.07 Å². The van der Waals surface area contributed by atoms with Gasteiger partial charge in [0.25, 0.3) is 0 Å². The summed E-state index contributed by atoms with van der Waals surface area (Å²) in [7, 11) is -3.70. The Labute approximate surface area is 140 Å². The van der Waals surface area contributed by atoms with Crippen LogP contribution in [0.3, 0.4) is 0 Å². The number of aliphatic carboxylic acids is 1. The maximum Gasteiger partial charge on any atom is 0.306 e. The molecule has 0 radical (unpaired) electrons. The fourth-order valence-corrected chi connectivity index (χ4v) is 4.11. The van der Waals surface area contributed by atoms with Gasteiger partial charge < -0.3 is 5.11 Å². The van der Waals surface area contributed by atoms with Gasteiger partial charge in [0, 0.05) is 6.54 Å². The molecule has 0 amide bonds.